The molecule has 4 aromatic rings. The van der Waals surface area contributed by atoms with E-state index in [1.54, 1.807) is 31.6 Å². The molecule has 33 heavy (non-hydrogen) atoms. The van der Waals surface area contributed by atoms with E-state index in [1.165, 1.54) is 6.07 Å². The number of hydrogen-bond donors (Lipinski definition) is 0. The van der Waals surface area contributed by atoms with Crippen molar-refractivity contribution in [3.05, 3.63) is 94.8 Å². The molecule has 0 aliphatic carbocycles. The van der Waals surface area contributed by atoms with E-state index in [-0.39, 0.29) is 11.4 Å². The van der Waals surface area contributed by atoms with E-state index in [9.17, 15) is 17.6 Å². The minimum absolute atomic E-state index is 0.196. The van der Waals surface area contributed by atoms with Crippen molar-refractivity contribution in [2.24, 2.45) is 0 Å². The van der Waals surface area contributed by atoms with Gasteiger partial charge in [0, 0.05) is 37.2 Å². The van der Waals surface area contributed by atoms with Gasteiger partial charge in [-0.25, -0.2) is 27.5 Å². The number of fused-ring (bicyclic) bond motifs is 1. The molecule has 4 rings (SSSR count). The van der Waals surface area contributed by atoms with Crippen molar-refractivity contribution in [3.63, 3.8) is 0 Å². The van der Waals surface area contributed by atoms with Gasteiger partial charge in [-0.2, -0.15) is 0 Å². The molecule has 0 atom stereocenters. The van der Waals surface area contributed by atoms with Crippen LogP contribution >= 0.6 is 0 Å². The van der Waals surface area contributed by atoms with Gasteiger partial charge in [-0.05, 0) is 65.6 Å². The maximum atomic E-state index is 14.6. The molecule has 0 spiro atoms. The average Bonchev–Trinajstić information content (AvgIpc) is 2.80. The minimum Gasteiger partial charge on any atom is -0.385 e. The molecule has 1 heterocycles. The summed E-state index contributed by atoms with van der Waals surface area (Å²) < 4.78 is 61.1. The zero-order valence-corrected chi connectivity index (χ0v) is 17.6. The third-order valence-corrected chi connectivity index (χ3v) is 5.03. The lowest BCUT2D eigenvalue weighted by Gasteiger charge is -2.05. The number of aromatic nitrogens is 2. The Kier molecular flexibility index (Phi) is 6.66. The molecular formula is C26H18F4N2O. The Balaban J connectivity index is 1.58. The monoisotopic (exact) mass is 450 g/mol. The van der Waals surface area contributed by atoms with Crippen LogP contribution in [0.15, 0.2) is 54.9 Å². The first kappa shape index (κ1) is 22.4. The molecule has 0 radical (unpaired) electrons. The van der Waals surface area contributed by atoms with Crippen LogP contribution in [0.3, 0.4) is 0 Å². The second-order valence-corrected chi connectivity index (χ2v) is 7.40. The molecule has 7 heteroatoms. The van der Waals surface area contributed by atoms with Gasteiger partial charge in [-0.1, -0.05) is 17.9 Å². The van der Waals surface area contributed by atoms with Gasteiger partial charge in [0.15, 0.2) is 17.5 Å². The van der Waals surface area contributed by atoms with E-state index < -0.39 is 28.8 Å². The summed E-state index contributed by atoms with van der Waals surface area (Å²) in [6.45, 7) is 0.620. The minimum atomic E-state index is -0.981. The summed E-state index contributed by atoms with van der Waals surface area (Å²) in [6.07, 6.45) is 4.80. The molecule has 0 amide bonds. The number of hydrogen-bond acceptors (Lipinski definition) is 3. The van der Waals surface area contributed by atoms with Crippen molar-refractivity contribution < 1.29 is 22.3 Å². The van der Waals surface area contributed by atoms with E-state index in [2.05, 4.69) is 21.8 Å². The molecule has 0 aliphatic rings. The summed E-state index contributed by atoms with van der Waals surface area (Å²) in [4.78, 5) is 8.39. The van der Waals surface area contributed by atoms with Crippen LogP contribution in [0.4, 0.5) is 17.6 Å². The number of aryl methyl sites for hydroxylation is 1. The quantitative estimate of drug-likeness (QED) is 0.218. The topological polar surface area (TPSA) is 35.0 Å². The standard InChI is InChI=1S/C26H18F4N2O/c1-33-8-2-3-17-14-31-26(32-15-17)20-12-22(27)21(23(28)13-20)7-5-16-4-6-18-10-24(29)25(30)11-19(18)9-16/h4,6,9-15H,2-3,8H2,1H3. The lowest BCUT2D eigenvalue weighted by molar-refractivity contribution is 0.195. The van der Waals surface area contributed by atoms with Gasteiger partial charge < -0.3 is 4.74 Å². The first-order valence-electron chi connectivity index (χ1n) is 10.1. The van der Waals surface area contributed by atoms with Crippen LogP contribution in [0.2, 0.25) is 0 Å². The highest BCUT2D eigenvalue weighted by molar-refractivity contribution is 5.84. The predicted molar refractivity (Wildman–Crippen MR) is 117 cm³/mol. The van der Waals surface area contributed by atoms with E-state index in [4.69, 9.17) is 4.74 Å². The number of nitrogens with zero attached hydrogens (tertiary/aromatic N) is 2. The van der Waals surface area contributed by atoms with Crippen LogP contribution in [-0.2, 0) is 11.2 Å². The molecule has 0 fully saturated rings. The molecule has 0 N–H and O–H groups in total. The van der Waals surface area contributed by atoms with E-state index >= 15 is 0 Å². The maximum absolute atomic E-state index is 14.6. The van der Waals surface area contributed by atoms with Gasteiger partial charge in [-0.3, -0.25) is 0 Å². The largest absolute Gasteiger partial charge is 0.385 e. The summed E-state index contributed by atoms with van der Waals surface area (Å²) in [5, 5.41) is 0.922. The van der Waals surface area contributed by atoms with Gasteiger partial charge in [0.2, 0.25) is 0 Å². The number of methoxy groups -OCH3 is 1. The Morgan fingerprint density at radius 1 is 0.788 bits per heavy atom. The SMILES string of the molecule is COCCCc1cnc(-c2cc(F)c(C#Cc3ccc4cc(F)c(F)cc4c3)c(F)c2)nc1. The molecule has 0 bridgehead atoms. The third kappa shape index (κ3) is 5.18. The first-order chi connectivity index (χ1) is 15.9. The fourth-order valence-corrected chi connectivity index (χ4v) is 3.33. The van der Waals surface area contributed by atoms with Crippen LogP contribution in [-0.4, -0.2) is 23.7 Å². The van der Waals surface area contributed by atoms with Gasteiger partial charge in [0.1, 0.15) is 11.6 Å². The molecule has 1 aromatic heterocycles. The van der Waals surface area contributed by atoms with Crippen molar-refractivity contribution in [3.8, 4) is 23.2 Å². The van der Waals surface area contributed by atoms with E-state index in [1.807, 2.05) is 0 Å². The molecule has 166 valence electrons. The average molecular weight is 450 g/mol. The van der Waals surface area contributed by atoms with Gasteiger partial charge >= 0.3 is 0 Å². The first-order valence-corrected chi connectivity index (χ1v) is 10.1. The summed E-state index contributed by atoms with van der Waals surface area (Å²) in [5.41, 5.74) is 1.10. The Hall–Kier alpha value is -3.76. The zero-order chi connectivity index (χ0) is 23.4. The van der Waals surface area contributed by atoms with Crippen molar-refractivity contribution in [1.29, 1.82) is 0 Å². The molecule has 0 saturated carbocycles. The Morgan fingerprint density at radius 2 is 1.45 bits per heavy atom. The van der Waals surface area contributed by atoms with Crippen molar-refractivity contribution in [2.75, 3.05) is 13.7 Å². The van der Waals surface area contributed by atoms with Gasteiger partial charge in [0.25, 0.3) is 0 Å². The summed E-state index contributed by atoms with van der Waals surface area (Å²) in [5.74, 6) is 1.73. The summed E-state index contributed by atoms with van der Waals surface area (Å²) >= 11 is 0. The number of ether oxygens (including phenoxy) is 1. The summed E-state index contributed by atoms with van der Waals surface area (Å²) in [6, 6.07) is 9.05. The van der Waals surface area contributed by atoms with Crippen LogP contribution in [0.25, 0.3) is 22.2 Å². The molecule has 0 saturated heterocycles. The van der Waals surface area contributed by atoms with Crippen LogP contribution in [0.5, 0.6) is 0 Å². The molecule has 0 unspecified atom stereocenters. The smallest absolute Gasteiger partial charge is 0.159 e. The maximum Gasteiger partial charge on any atom is 0.159 e. The van der Waals surface area contributed by atoms with Crippen LogP contribution in [0.1, 0.15) is 23.1 Å². The normalized spacial score (nSPS) is 10.8. The van der Waals surface area contributed by atoms with E-state index in [0.29, 0.717) is 22.9 Å². The highest BCUT2D eigenvalue weighted by Gasteiger charge is 2.12. The van der Waals surface area contributed by atoms with Crippen LogP contribution < -0.4 is 0 Å². The fourth-order valence-electron chi connectivity index (χ4n) is 3.33. The molecular weight excluding hydrogens is 432 g/mol. The highest BCUT2D eigenvalue weighted by Crippen LogP contribution is 2.23. The van der Waals surface area contributed by atoms with Gasteiger partial charge in [-0.15, -0.1) is 0 Å². The highest BCUT2D eigenvalue weighted by atomic mass is 19.2. The third-order valence-electron chi connectivity index (χ3n) is 5.03. The van der Waals surface area contributed by atoms with E-state index in [0.717, 1.165) is 42.7 Å². The predicted octanol–water partition coefficient (Wildman–Crippen LogP) is 5.83. The lowest BCUT2D eigenvalue weighted by Crippen LogP contribution is -1.98. The number of benzene rings is 3. The molecule has 3 nitrogen and oxygen atoms in total. The second kappa shape index (κ2) is 9.80. The van der Waals surface area contributed by atoms with Crippen LogP contribution in [0, 0.1) is 35.1 Å². The Bertz CT molecular complexity index is 1350. The fraction of sp³-hybridized carbons (Fsp3) is 0.154. The molecule has 3 aromatic carbocycles. The Morgan fingerprint density at radius 3 is 2.12 bits per heavy atom. The van der Waals surface area contributed by atoms with Gasteiger partial charge in [0.05, 0.1) is 5.56 Å². The second-order valence-electron chi connectivity index (χ2n) is 7.40. The molecule has 0 aliphatic heterocycles. The summed E-state index contributed by atoms with van der Waals surface area (Å²) in [7, 11) is 1.63. The van der Waals surface area contributed by atoms with Crippen molar-refractivity contribution >= 4 is 10.8 Å². The lowest BCUT2D eigenvalue weighted by atomic mass is 10.1. The van der Waals surface area contributed by atoms with Crippen molar-refractivity contribution in [2.45, 2.75) is 12.8 Å². The number of halogens is 4. The number of rotatable bonds is 5. The zero-order valence-electron chi connectivity index (χ0n) is 17.6. The Labute approximate surface area is 188 Å². The van der Waals surface area contributed by atoms with Crippen molar-refractivity contribution in [1.82, 2.24) is 9.97 Å².